The van der Waals surface area contributed by atoms with E-state index in [1.165, 1.54) is 25.7 Å². The highest BCUT2D eigenvalue weighted by molar-refractivity contribution is 5.25. The van der Waals surface area contributed by atoms with Crippen LogP contribution in [-0.2, 0) is 11.3 Å². The molecular formula is C14H25N3O. The highest BCUT2D eigenvalue weighted by Gasteiger charge is 2.15. The molecule has 4 nitrogen and oxygen atoms in total. The fourth-order valence-electron chi connectivity index (χ4n) is 2.59. The van der Waals surface area contributed by atoms with Crippen LogP contribution in [0.3, 0.4) is 0 Å². The first-order chi connectivity index (χ1) is 8.90. The van der Waals surface area contributed by atoms with E-state index in [0.29, 0.717) is 0 Å². The Labute approximate surface area is 110 Å². The number of ether oxygens (including phenoxy) is 1. The molecular weight excluding hydrogens is 226 g/mol. The van der Waals surface area contributed by atoms with Crippen LogP contribution in [0.4, 0.5) is 5.95 Å². The summed E-state index contributed by atoms with van der Waals surface area (Å²) in [4.78, 5) is 4.39. The Morgan fingerprint density at radius 2 is 2.28 bits per heavy atom. The maximum Gasteiger partial charge on any atom is 0.202 e. The van der Waals surface area contributed by atoms with Crippen LogP contribution in [0.25, 0.3) is 0 Å². The van der Waals surface area contributed by atoms with Crippen LogP contribution in [0.2, 0.25) is 0 Å². The van der Waals surface area contributed by atoms with Crippen LogP contribution >= 0.6 is 0 Å². The molecule has 0 aliphatic heterocycles. The maximum atomic E-state index is 5.36. The van der Waals surface area contributed by atoms with E-state index in [1.807, 2.05) is 19.3 Å². The van der Waals surface area contributed by atoms with Gasteiger partial charge in [-0.15, -0.1) is 0 Å². The van der Waals surface area contributed by atoms with Crippen molar-refractivity contribution >= 4 is 5.95 Å². The van der Waals surface area contributed by atoms with Gasteiger partial charge in [-0.2, -0.15) is 0 Å². The summed E-state index contributed by atoms with van der Waals surface area (Å²) in [5, 5.41) is 3.49. The minimum Gasteiger partial charge on any atom is -0.382 e. The van der Waals surface area contributed by atoms with E-state index in [9.17, 15) is 0 Å². The van der Waals surface area contributed by atoms with Gasteiger partial charge in [-0.1, -0.05) is 12.8 Å². The third-order valence-electron chi connectivity index (χ3n) is 3.63. The summed E-state index contributed by atoms with van der Waals surface area (Å²) in [5.74, 6) is 1.86. The average molecular weight is 251 g/mol. The van der Waals surface area contributed by atoms with Crippen LogP contribution < -0.4 is 5.32 Å². The van der Waals surface area contributed by atoms with Gasteiger partial charge in [0.05, 0.1) is 0 Å². The molecule has 0 amide bonds. The number of imidazole rings is 1. The second-order valence-corrected chi connectivity index (χ2v) is 5.03. The van der Waals surface area contributed by atoms with Crippen molar-refractivity contribution in [3.05, 3.63) is 12.4 Å². The van der Waals surface area contributed by atoms with Gasteiger partial charge in [-0.05, 0) is 32.1 Å². The third kappa shape index (κ3) is 4.02. The summed E-state index contributed by atoms with van der Waals surface area (Å²) in [7, 11) is 0. The Bertz CT molecular complexity index is 332. The van der Waals surface area contributed by atoms with Crippen molar-refractivity contribution in [1.82, 2.24) is 9.55 Å². The molecule has 1 aliphatic carbocycles. The molecule has 0 spiro atoms. The van der Waals surface area contributed by atoms with Gasteiger partial charge in [0.2, 0.25) is 5.95 Å². The molecule has 1 fully saturated rings. The van der Waals surface area contributed by atoms with Crippen molar-refractivity contribution in [2.75, 3.05) is 25.1 Å². The predicted molar refractivity (Wildman–Crippen MR) is 73.8 cm³/mol. The van der Waals surface area contributed by atoms with Crippen molar-refractivity contribution in [2.45, 2.75) is 45.6 Å². The number of rotatable bonds is 8. The zero-order valence-corrected chi connectivity index (χ0v) is 11.4. The highest BCUT2D eigenvalue weighted by atomic mass is 16.5. The van der Waals surface area contributed by atoms with Gasteiger partial charge in [0, 0.05) is 38.7 Å². The van der Waals surface area contributed by atoms with Crippen molar-refractivity contribution in [2.24, 2.45) is 5.92 Å². The number of nitrogens with zero attached hydrogens (tertiary/aromatic N) is 2. The number of anilines is 1. The molecule has 0 saturated heterocycles. The standard InChI is InChI=1S/C14H25N3O/c1-2-18-11-5-9-17-10-8-15-14(17)16-12-13-6-3-4-7-13/h8,10,13H,2-7,9,11-12H2,1H3,(H,15,16). The van der Waals surface area contributed by atoms with Crippen LogP contribution in [0.1, 0.15) is 39.0 Å². The Hall–Kier alpha value is -1.03. The largest absolute Gasteiger partial charge is 0.382 e. The topological polar surface area (TPSA) is 39.1 Å². The Kier molecular flexibility index (Phi) is 5.52. The smallest absolute Gasteiger partial charge is 0.202 e. The highest BCUT2D eigenvalue weighted by Crippen LogP contribution is 2.24. The number of hydrogen-bond donors (Lipinski definition) is 1. The normalized spacial score (nSPS) is 16.3. The summed E-state index contributed by atoms with van der Waals surface area (Å²) >= 11 is 0. The average Bonchev–Trinajstić information content (AvgIpc) is 3.03. The molecule has 0 aromatic carbocycles. The second-order valence-electron chi connectivity index (χ2n) is 5.03. The predicted octanol–water partition coefficient (Wildman–Crippen LogP) is 2.91. The summed E-state index contributed by atoms with van der Waals surface area (Å²) in [6.07, 6.45) is 10.5. The number of aryl methyl sites for hydroxylation is 1. The lowest BCUT2D eigenvalue weighted by molar-refractivity contribution is 0.142. The molecule has 1 aliphatic rings. The second kappa shape index (κ2) is 7.41. The summed E-state index contributed by atoms with van der Waals surface area (Å²) in [6.45, 7) is 5.72. The van der Waals surface area contributed by atoms with Gasteiger partial charge in [-0.25, -0.2) is 4.98 Å². The molecule has 0 atom stereocenters. The van der Waals surface area contributed by atoms with Crippen LogP contribution in [-0.4, -0.2) is 29.3 Å². The third-order valence-corrected chi connectivity index (χ3v) is 3.63. The first-order valence-electron chi connectivity index (χ1n) is 7.23. The molecule has 4 heteroatoms. The van der Waals surface area contributed by atoms with Gasteiger partial charge in [0.25, 0.3) is 0 Å². The van der Waals surface area contributed by atoms with Crippen LogP contribution in [0.15, 0.2) is 12.4 Å². The molecule has 1 aromatic heterocycles. The summed E-state index contributed by atoms with van der Waals surface area (Å²) in [5.41, 5.74) is 0. The molecule has 1 aromatic rings. The van der Waals surface area contributed by atoms with Crippen LogP contribution in [0.5, 0.6) is 0 Å². The van der Waals surface area contributed by atoms with Crippen molar-refractivity contribution in [3.63, 3.8) is 0 Å². The lowest BCUT2D eigenvalue weighted by Crippen LogP contribution is -2.15. The fraction of sp³-hybridized carbons (Fsp3) is 0.786. The van der Waals surface area contributed by atoms with Crippen molar-refractivity contribution in [3.8, 4) is 0 Å². The number of nitrogens with one attached hydrogen (secondary N) is 1. The fourth-order valence-corrected chi connectivity index (χ4v) is 2.59. The molecule has 18 heavy (non-hydrogen) atoms. The molecule has 1 N–H and O–H groups in total. The van der Waals surface area contributed by atoms with E-state index in [4.69, 9.17) is 4.74 Å². The van der Waals surface area contributed by atoms with Crippen LogP contribution in [0, 0.1) is 5.92 Å². The Balaban J connectivity index is 1.72. The van der Waals surface area contributed by atoms with E-state index >= 15 is 0 Å². The summed E-state index contributed by atoms with van der Waals surface area (Å²) < 4.78 is 7.55. The SMILES string of the molecule is CCOCCCn1ccnc1NCC1CCCC1. The van der Waals surface area contributed by atoms with Crippen molar-refractivity contribution in [1.29, 1.82) is 0 Å². The van der Waals surface area contributed by atoms with E-state index in [-0.39, 0.29) is 0 Å². The van der Waals surface area contributed by atoms with Gasteiger partial charge < -0.3 is 14.6 Å². The molecule has 0 bridgehead atoms. The molecule has 2 rings (SSSR count). The first kappa shape index (κ1) is 13.4. The molecule has 1 saturated carbocycles. The quantitative estimate of drug-likeness (QED) is 0.722. The zero-order chi connectivity index (χ0) is 12.6. The maximum absolute atomic E-state index is 5.36. The lowest BCUT2D eigenvalue weighted by atomic mass is 10.1. The molecule has 0 unspecified atom stereocenters. The van der Waals surface area contributed by atoms with Gasteiger partial charge >= 0.3 is 0 Å². The Morgan fingerprint density at radius 1 is 1.44 bits per heavy atom. The van der Waals surface area contributed by atoms with Gasteiger partial charge in [-0.3, -0.25) is 0 Å². The number of aromatic nitrogens is 2. The molecule has 0 radical (unpaired) electrons. The minimum absolute atomic E-state index is 0.802. The monoisotopic (exact) mass is 251 g/mol. The van der Waals surface area contributed by atoms with Crippen molar-refractivity contribution < 1.29 is 4.74 Å². The summed E-state index contributed by atoms with van der Waals surface area (Å²) in [6, 6.07) is 0. The first-order valence-corrected chi connectivity index (χ1v) is 7.23. The van der Waals surface area contributed by atoms with E-state index in [2.05, 4.69) is 14.9 Å². The van der Waals surface area contributed by atoms with E-state index in [0.717, 1.165) is 44.6 Å². The van der Waals surface area contributed by atoms with E-state index < -0.39 is 0 Å². The van der Waals surface area contributed by atoms with E-state index in [1.54, 1.807) is 0 Å². The molecule has 1 heterocycles. The van der Waals surface area contributed by atoms with Gasteiger partial charge in [0.15, 0.2) is 0 Å². The molecule has 102 valence electrons. The Morgan fingerprint density at radius 3 is 3.06 bits per heavy atom. The minimum atomic E-state index is 0.802. The number of hydrogen-bond acceptors (Lipinski definition) is 3. The zero-order valence-electron chi connectivity index (χ0n) is 11.4. The van der Waals surface area contributed by atoms with Gasteiger partial charge in [0.1, 0.15) is 0 Å². The lowest BCUT2D eigenvalue weighted by Gasteiger charge is -2.13.